The lowest BCUT2D eigenvalue weighted by molar-refractivity contribution is 0.0691. The third-order valence-corrected chi connectivity index (χ3v) is 6.64. The summed E-state index contributed by atoms with van der Waals surface area (Å²) >= 11 is 0. The van der Waals surface area contributed by atoms with E-state index in [4.69, 9.17) is 4.74 Å². The van der Waals surface area contributed by atoms with Crippen LogP contribution in [0.5, 0.6) is 17.2 Å². The molecule has 0 aliphatic rings. The van der Waals surface area contributed by atoms with Crippen LogP contribution in [0, 0.1) is 0 Å². The number of carbonyl (C=O) groups is 1. The fourth-order valence-corrected chi connectivity index (χ4v) is 4.59. The number of phenols is 2. The van der Waals surface area contributed by atoms with Gasteiger partial charge in [-0.25, -0.2) is 4.79 Å². The van der Waals surface area contributed by atoms with Gasteiger partial charge in [-0.15, -0.1) is 0 Å². The van der Waals surface area contributed by atoms with Crippen molar-refractivity contribution in [1.29, 1.82) is 0 Å². The Hall–Kier alpha value is -1.91. The van der Waals surface area contributed by atoms with Gasteiger partial charge in [-0.2, -0.15) is 0 Å². The Morgan fingerprint density at radius 2 is 1.06 bits per heavy atom. The second-order valence-electron chi connectivity index (χ2n) is 9.61. The highest BCUT2D eigenvalue weighted by atomic mass is 16.5. The summed E-state index contributed by atoms with van der Waals surface area (Å²) in [5.41, 5.74) is 1.26. The summed E-state index contributed by atoms with van der Waals surface area (Å²) in [5.74, 6) is -1.86. The van der Waals surface area contributed by atoms with Crippen LogP contribution in [0.2, 0.25) is 0 Å². The first-order chi connectivity index (χ1) is 16.5. The van der Waals surface area contributed by atoms with Crippen molar-refractivity contribution >= 4 is 5.97 Å². The van der Waals surface area contributed by atoms with Crippen LogP contribution in [-0.2, 0) is 12.8 Å². The fraction of sp³-hybridized carbons (Fsp3) is 0.759. The van der Waals surface area contributed by atoms with E-state index in [1.165, 1.54) is 38.5 Å². The summed E-state index contributed by atoms with van der Waals surface area (Å²) in [6.07, 6.45) is 19.0. The molecule has 0 aliphatic heterocycles. The first-order valence-electron chi connectivity index (χ1n) is 13.9. The summed E-state index contributed by atoms with van der Waals surface area (Å²) < 4.78 is 6.05. The number of rotatable bonds is 21. The minimum Gasteiger partial charge on any atom is -0.504 e. The van der Waals surface area contributed by atoms with Crippen LogP contribution < -0.4 is 4.74 Å². The van der Waals surface area contributed by atoms with Gasteiger partial charge in [-0.05, 0) is 37.7 Å². The Labute approximate surface area is 207 Å². The van der Waals surface area contributed by atoms with E-state index in [-0.39, 0.29) is 5.56 Å². The van der Waals surface area contributed by atoms with Crippen LogP contribution in [0.3, 0.4) is 0 Å². The molecule has 0 atom stereocenters. The zero-order valence-corrected chi connectivity index (χ0v) is 22.1. The second kappa shape index (κ2) is 18.4. The van der Waals surface area contributed by atoms with Crippen molar-refractivity contribution in [3.8, 4) is 17.2 Å². The van der Waals surface area contributed by atoms with Crippen molar-refractivity contribution in [3.05, 3.63) is 16.7 Å². The van der Waals surface area contributed by atoms with Gasteiger partial charge in [0.15, 0.2) is 11.5 Å². The summed E-state index contributed by atoms with van der Waals surface area (Å²) in [5, 5.41) is 31.2. The highest BCUT2D eigenvalue weighted by Gasteiger charge is 2.28. The predicted octanol–water partition coefficient (Wildman–Crippen LogP) is 8.56. The predicted molar refractivity (Wildman–Crippen MR) is 141 cm³/mol. The Morgan fingerprint density at radius 1 is 0.618 bits per heavy atom. The van der Waals surface area contributed by atoms with Crippen molar-refractivity contribution in [3.63, 3.8) is 0 Å². The van der Waals surface area contributed by atoms with Gasteiger partial charge in [0.05, 0.1) is 6.61 Å². The largest absolute Gasteiger partial charge is 0.504 e. The number of benzene rings is 1. The number of aromatic carboxylic acids is 1. The second-order valence-corrected chi connectivity index (χ2v) is 9.61. The average molecular weight is 479 g/mol. The monoisotopic (exact) mass is 478 g/mol. The number of carboxylic acids is 1. The minimum absolute atomic E-state index is 0.154. The summed E-state index contributed by atoms with van der Waals surface area (Å²) in [4.78, 5) is 12.0. The maximum atomic E-state index is 12.0. The highest BCUT2D eigenvalue weighted by molar-refractivity contribution is 5.95. The van der Waals surface area contributed by atoms with Crippen molar-refractivity contribution in [1.82, 2.24) is 0 Å². The average Bonchev–Trinajstić information content (AvgIpc) is 2.82. The van der Waals surface area contributed by atoms with Crippen molar-refractivity contribution in [2.75, 3.05) is 6.61 Å². The van der Waals surface area contributed by atoms with Crippen LogP contribution >= 0.6 is 0 Å². The van der Waals surface area contributed by atoms with Crippen LogP contribution in [0.1, 0.15) is 145 Å². The molecule has 3 N–H and O–H groups in total. The van der Waals surface area contributed by atoms with Crippen LogP contribution in [-0.4, -0.2) is 27.9 Å². The third-order valence-electron chi connectivity index (χ3n) is 6.64. The topological polar surface area (TPSA) is 87.0 Å². The molecule has 0 saturated heterocycles. The number of hydrogen-bond donors (Lipinski definition) is 3. The van der Waals surface area contributed by atoms with Crippen LogP contribution in [0.4, 0.5) is 0 Å². The van der Waals surface area contributed by atoms with Crippen LogP contribution in [0.15, 0.2) is 0 Å². The molecule has 0 spiro atoms. The van der Waals surface area contributed by atoms with Gasteiger partial charge in [0.1, 0.15) is 5.56 Å². The summed E-state index contributed by atoms with van der Waals surface area (Å²) in [6.45, 7) is 6.99. The highest BCUT2D eigenvalue weighted by Crippen LogP contribution is 2.45. The lowest BCUT2D eigenvalue weighted by Gasteiger charge is -2.21. The molecule has 0 aliphatic carbocycles. The molecule has 0 aromatic heterocycles. The smallest absolute Gasteiger partial charge is 0.339 e. The molecule has 196 valence electrons. The Balaban J connectivity index is 2.99. The normalized spacial score (nSPS) is 11.1. The Kier molecular flexibility index (Phi) is 16.3. The molecule has 1 aromatic carbocycles. The van der Waals surface area contributed by atoms with Crippen molar-refractivity contribution in [2.24, 2.45) is 0 Å². The molecule has 0 amide bonds. The number of unbranched alkanes of at least 4 members (excludes halogenated alkanes) is 13. The quantitative estimate of drug-likeness (QED) is 0.122. The van der Waals surface area contributed by atoms with Gasteiger partial charge in [-0.3, -0.25) is 0 Å². The third kappa shape index (κ3) is 10.6. The molecular formula is C29H50O5. The number of carboxylic acid groups (broad SMARTS) is 1. The first kappa shape index (κ1) is 30.1. The number of hydrogen-bond acceptors (Lipinski definition) is 4. The van der Waals surface area contributed by atoms with E-state index in [1.54, 1.807) is 0 Å². The molecule has 1 aromatic rings. The van der Waals surface area contributed by atoms with Gasteiger partial charge < -0.3 is 20.1 Å². The zero-order chi connectivity index (χ0) is 25.2. The SMILES string of the molecule is CCCCCCCCCCOc1c(O)c(O)c(C(=O)O)c(CCCCCC)c1CCCCCC. The van der Waals surface area contributed by atoms with Crippen molar-refractivity contribution < 1.29 is 24.9 Å². The number of aromatic hydroxyl groups is 2. The summed E-state index contributed by atoms with van der Waals surface area (Å²) in [7, 11) is 0. The van der Waals surface area contributed by atoms with Crippen LogP contribution in [0.25, 0.3) is 0 Å². The van der Waals surface area contributed by atoms with Gasteiger partial charge >= 0.3 is 5.97 Å². The van der Waals surface area contributed by atoms with Gasteiger partial charge in [-0.1, -0.05) is 104 Å². The lowest BCUT2D eigenvalue weighted by Crippen LogP contribution is -2.11. The van der Waals surface area contributed by atoms with Gasteiger partial charge in [0, 0.05) is 5.56 Å². The molecule has 5 heteroatoms. The van der Waals surface area contributed by atoms with E-state index in [9.17, 15) is 20.1 Å². The molecule has 0 saturated carbocycles. The molecule has 34 heavy (non-hydrogen) atoms. The zero-order valence-electron chi connectivity index (χ0n) is 22.1. The number of ether oxygens (including phenoxy) is 1. The first-order valence-corrected chi connectivity index (χ1v) is 13.9. The molecule has 5 nitrogen and oxygen atoms in total. The lowest BCUT2D eigenvalue weighted by atomic mass is 9.90. The number of phenolic OH excluding ortho intramolecular Hbond substituents is 1. The fourth-order valence-electron chi connectivity index (χ4n) is 4.59. The molecule has 0 radical (unpaired) electrons. The van der Waals surface area contributed by atoms with E-state index >= 15 is 0 Å². The summed E-state index contributed by atoms with van der Waals surface area (Å²) in [6, 6.07) is 0. The molecule has 0 heterocycles. The van der Waals surface area contributed by atoms with Crippen molar-refractivity contribution in [2.45, 2.75) is 136 Å². The standard InChI is InChI=1S/C29H50O5/c1-4-7-10-13-14-15-16-19-22-34-28-24(21-18-12-9-6-3)23(20-17-11-8-5-2)25(29(32)33)26(30)27(28)31/h30-31H,4-22H2,1-3H3,(H,32,33). The molecule has 1 rings (SSSR count). The minimum atomic E-state index is -1.19. The van der Waals surface area contributed by atoms with E-state index in [2.05, 4.69) is 20.8 Å². The molecule has 0 unspecified atom stereocenters. The Bertz CT molecular complexity index is 698. The van der Waals surface area contributed by atoms with E-state index in [0.29, 0.717) is 30.8 Å². The Morgan fingerprint density at radius 3 is 1.56 bits per heavy atom. The van der Waals surface area contributed by atoms with Gasteiger partial charge in [0.2, 0.25) is 5.75 Å². The molecule has 0 fully saturated rings. The molecule has 0 bridgehead atoms. The molecular weight excluding hydrogens is 428 g/mol. The maximum Gasteiger partial charge on any atom is 0.339 e. The van der Waals surface area contributed by atoms with E-state index in [1.807, 2.05) is 0 Å². The van der Waals surface area contributed by atoms with E-state index < -0.39 is 17.5 Å². The maximum absolute atomic E-state index is 12.0. The van der Waals surface area contributed by atoms with E-state index in [0.717, 1.165) is 69.8 Å². The van der Waals surface area contributed by atoms with Gasteiger partial charge in [0.25, 0.3) is 0 Å².